The Morgan fingerprint density at radius 3 is 1.40 bits per heavy atom. The van der Waals surface area contributed by atoms with Gasteiger partial charge in [0, 0.05) is 24.7 Å². The van der Waals surface area contributed by atoms with Crippen molar-refractivity contribution in [3.8, 4) is 0 Å². The number of hydrogen-bond donors (Lipinski definition) is 3. The summed E-state index contributed by atoms with van der Waals surface area (Å²) in [4.78, 5) is 55.4. The van der Waals surface area contributed by atoms with Crippen molar-refractivity contribution in [3.05, 3.63) is 46.6 Å². The highest BCUT2D eigenvalue weighted by Crippen LogP contribution is 2.73. The quantitative estimate of drug-likeness (QED) is 0.181. The number of fused-ring (bicyclic) bond motifs is 6. The number of carbonyl (C=O) groups excluding carboxylic acids is 4. The fraction of sp³-hybridized carbons (Fsp3) is 0.786. The van der Waals surface area contributed by atoms with Gasteiger partial charge >= 0.3 is 11.9 Å². The van der Waals surface area contributed by atoms with E-state index in [2.05, 4.69) is 47.6 Å². The second-order valence-corrected chi connectivity index (χ2v) is 25.5. The van der Waals surface area contributed by atoms with Crippen molar-refractivity contribution in [3.63, 3.8) is 0 Å². The lowest BCUT2D eigenvalue weighted by atomic mass is 9.59. The molecule has 10 rings (SSSR count). The average Bonchev–Trinajstić information content (AvgIpc) is 3.97. The molecule has 0 aromatic rings. The Morgan fingerprint density at radius 1 is 0.615 bits per heavy atom. The Balaban J connectivity index is 0.000000164. The Labute approximate surface area is 388 Å². The van der Waals surface area contributed by atoms with E-state index in [9.17, 15) is 34.5 Å². The van der Waals surface area contributed by atoms with Gasteiger partial charge in [-0.2, -0.15) is 0 Å². The first kappa shape index (κ1) is 47.2. The molecule has 0 radical (unpaired) electrons. The smallest absolute Gasteiger partial charge is 0.312 e. The van der Waals surface area contributed by atoms with E-state index in [0.29, 0.717) is 29.7 Å². The summed E-state index contributed by atoms with van der Waals surface area (Å²) in [6, 6.07) is 0. The van der Waals surface area contributed by atoms with E-state index < -0.39 is 45.1 Å². The zero-order valence-corrected chi connectivity index (χ0v) is 41.5. The molecule has 10 aliphatic carbocycles. The number of ketones is 2. The second-order valence-electron chi connectivity index (χ2n) is 25.5. The minimum atomic E-state index is -1.57. The number of rotatable bonds is 5. The molecule has 14 atom stereocenters. The molecule has 6 fully saturated rings. The summed E-state index contributed by atoms with van der Waals surface area (Å²) in [5, 5.41) is 35.1. The number of aliphatic hydroxyl groups excluding tert-OH is 1. The van der Waals surface area contributed by atoms with Crippen LogP contribution in [0.3, 0.4) is 0 Å². The van der Waals surface area contributed by atoms with Gasteiger partial charge in [-0.05, 0) is 136 Å². The van der Waals surface area contributed by atoms with E-state index in [1.165, 1.54) is 0 Å². The maximum absolute atomic E-state index is 14.3. The highest BCUT2D eigenvalue weighted by atomic mass is 16.6. The SMILES string of the molecule is CC1=C[C@@H]2C(=O)[C@]3(C=C(C)[C@H](OC(=O)C4(C)CCCCC4)[C@@]3(O)C1)[C@H](C)C[C@@H]1[C@H]2C1(C)C.CC1=C[C@]23C(=O)[C@@H](C=C(CO)C[C@]2(O)[C@H]1OC(=O)C1(C)CCCCC1)[C@H]1[C@@H](C[C@H]3C)C1(C)C. The molecule has 65 heavy (non-hydrogen) atoms. The third-order valence-corrected chi connectivity index (χ3v) is 20.8. The average molecular weight is 897 g/mol. The first-order valence-electron chi connectivity index (χ1n) is 25.6. The molecule has 358 valence electrons. The predicted molar refractivity (Wildman–Crippen MR) is 249 cm³/mol. The highest BCUT2D eigenvalue weighted by molar-refractivity contribution is 5.96. The number of allylic oxidation sites excluding steroid dienone is 2. The monoisotopic (exact) mass is 897 g/mol. The van der Waals surface area contributed by atoms with E-state index >= 15 is 0 Å². The lowest BCUT2D eigenvalue weighted by molar-refractivity contribution is -0.189. The minimum Gasteiger partial charge on any atom is -0.454 e. The molecule has 9 nitrogen and oxygen atoms in total. The van der Waals surface area contributed by atoms with Crippen LogP contribution < -0.4 is 0 Å². The second kappa shape index (κ2) is 15.3. The van der Waals surface area contributed by atoms with Crippen LogP contribution in [0.5, 0.6) is 0 Å². The maximum atomic E-state index is 14.3. The van der Waals surface area contributed by atoms with Gasteiger partial charge < -0.3 is 24.8 Å². The normalized spacial score (nSPS) is 45.6. The van der Waals surface area contributed by atoms with Gasteiger partial charge in [-0.15, -0.1) is 0 Å². The molecule has 10 aliphatic rings. The molecule has 0 unspecified atom stereocenters. The van der Waals surface area contributed by atoms with Crippen molar-refractivity contribution in [1.82, 2.24) is 0 Å². The molecule has 2 spiro atoms. The van der Waals surface area contributed by atoms with Crippen LogP contribution in [0.2, 0.25) is 0 Å². The van der Waals surface area contributed by atoms with Gasteiger partial charge in [0.25, 0.3) is 0 Å². The van der Waals surface area contributed by atoms with Crippen molar-refractivity contribution in [2.45, 2.75) is 189 Å². The summed E-state index contributed by atoms with van der Waals surface area (Å²) in [6.07, 6.45) is 18.4. The van der Waals surface area contributed by atoms with Crippen LogP contribution in [0.1, 0.15) is 166 Å². The van der Waals surface area contributed by atoms with Crippen molar-refractivity contribution < 1.29 is 44.0 Å². The summed E-state index contributed by atoms with van der Waals surface area (Å²) in [5.41, 5.74) is -2.55. The summed E-state index contributed by atoms with van der Waals surface area (Å²) < 4.78 is 12.4. The molecule has 0 aromatic carbocycles. The van der Waals surface area contributed by atoms with Gasteiger partial charge in [-0.3, -0.25) is 19.2 Å². The Morgan fingerprint density at radius 2 is 1.00 bits per heavy atom. The zero-order valence-electron chi connectivity index (χ0n) is 41.5. The third-order valence-electron chi connectivity index (χ3n) is 20.8. The van der Waals surface area contributed by atoms with E-state index in [0.717, 1.165) is 93.8 Å². The number of hydrogen-bond acceptors (Lipinski definition) is 9. The van der Waals surface area contributed by atoms with Gasteiger partial charge in [0.15, 0.2) is 23.8 Å². The topological polar surface area (TPSA) is 147 Å². The summed E-state index contributed by atoms with van der Waals surface area (Å²) in [7, 11) is 0. The van der Waals surface area contributed by atoms with E-state index in [1.54, 1.807) is 0 Å². The van der Waals surface area contributed by atoms with Crippen LogP contribution in [0.25, 0.3) is 0 Å². The number of ether oxygens (including phenoxy) is 2. The first-order chi connectivity index (χ1) is 30.3. The molecular weight excluding hydrogens is 817 g/mol. The molecule has 0 aromatic heterocycles. The number of carbonyl (C=O) groups is 4. The van der Waals surface area contributed by atoms with E-state index in [4.69, 9.17) is 9.47 Å². The summed E-state index contributed by atoms with van der Waals surface area (Å²) >= 11 is 0. The lowest BCUT2D eigenvalue weighted by Gasteiger charge is -2.47. The molecule has 0 aliphatic heterocycles. The molecule has 0 heterocycles. The van der Waals surface area contributed by atoms with Crippen molar-refractivity contribution in [2.24, 2.45) is 79.8 Å². The van der Waals surface area contributed by atoms with Gasteiger partial charge in [0.1, 0.15) is 11.2 Å². The van der Waals surface area contributed by atoms with Crippen LogP contribution in [-0.4, -0.2) is 68.8 Å². The van der Waals surface area contributed by atoms with E-state index in [-0.39, 0.29) is 77.0 Å². The highest BCUT2D eigenvalue weighted by Gasteiger charge is 2.76. The Hall–Kier alpha value is -2.88. The first-order valence-corrected chi connectivity index (χ1v) is 25.6. The van der Waals surface area contributed by atoms with Gasteiger partial charge in [-0.25, -0.2) is 0 Å². The fourth-order valence-corrected chi connectivity index (χ4v) is 16.8. The minimum absolute atomic E-state index is 0.00231. The van der Waals surface area contributed by atoms with E-state index in [1.807, 2.05) is 52.8 Å². The van der Waals surface area contributed by atoms with Crippen LogP contribution in [0, 0.1) is 79.8 Å². The zero-order chi connectivity index (χ0) is 47.2. The Bertz CT molecular complexity index is 2160. The van der Waals surface area contributed by atoms with Crippen LogP contribution in [0.15, 0.2) is 46.6 Å². The number of aliphatic hydroxyl groups is 3. The van der Waals surface area contributed by atoms with Gasteiger partial charge in [-0.1, -0.05) is 110 Å². The summed E-state index contributed by atoms with van der Waals surface area (Å²) in [5.74, 6) is 0.627. The maximum Gasteiger partial charge on any atom is 0.312 e. The number of esters is 2. The van der Waals surface area contributed by atoms with Gasteiger partial charge in [0.05, 0.1) is 28.3 Å². The van der Waals surface area contributed by atoms with Crippen molar-refractivity contribution in [1.29, 1.82) is 0 Å². The van der Waals surface area contributed by atoms with Crippen LogP contribution in [0.4, 0.5) is 0 Å². The third kappa shape index (κ3) is 6.51. The largest absolute Gasteiger partial charge is 0.454 e. The van der Waals surface area contributed by atoms with Crippen LogP contribution in [-0.2, 0) is 28.7 Å². The molecule has 6 saturated carbocycles. The fourth-order valence-electron chi connectivity index (χ4n) is 16.8. The van der Waals surface area contributed by atoms with Gasteiger partial charge in [0.2, 0.25) is 0 Å². The molecule has 0 amide bonds. The predicted octanol–water partition coefficient (Wildman–Crippen LogP) is 9.76. The lowest BCUT2D eigenvalue weighted by Crippen LogP contribution is -2.60. The molecule has 4 bridgehead atoms. The summed E-state index contributed by atoms with van der Waals surface area (Å²) in [6.45, 7) is 22.9. The standard InChI is InChI=1S/C28H40O5.C28H40O4/c1-16-13-27-17(2)11-20-21(25(20,3)4)19(22(27)30)12-18(15-29)14-28(27,32)23(16)33-24(31)26(5)9-7-6-8-10-26;1-16-12-19-21-20(25(21,4)5)13-18(3)27(22(19)29)15-17(2)23(28(27,31)14-16)32-24(30)26(6)10-8-7-9-11-26/h12-13,17,19-21,23,29,32H,6-11,14-15H2,1-5H3;12,15,18-21,23,31H,7-11,13-14H2,1-6H3/t17-,19+,20-,21+,23+,27+,28+;18-,19+,20-,21+,23+,27+,28+/m11/s1. The molecule has 9 heteroatoms. The van der Waals surface area contributed by atoms with Crippen LogP contribution >= 0.6 is 0 Å². The molecule has 3 N–H and O–H groups in total. The molecule has 0 saturated heterocycles. The van der Waals surface area contributed by atoms with Crippen molar-refractivity contribution >= 4 is 23.5 Å². The number of Topliss-reactive ketones (excluding diaryl/α,β-unsaturated/α-hetero) is 2. The van der Waals surface area contributed by atoms with Crippen molar-refractivity contribution in [2.75, 3.05) is 6.61 Å². The molecular formula is C56H80O9. The Kier molecular flexibility index (Phi) is 11.1.